The fraction of sp³-hybridized carbons (Fsp3) is 0.0769. The van der Waals surface area contributed by atoms with Gasteiger partial charge in [-0.05, 0) is 30.7 Å². The number of carboxylic acid groups (broad SMARTS) is 1. The van der Waals surface area contributed by atoms with Gasteiger partial charge in [0.15, 0.2) is 0 Å². The molecule has 0 atom stereocenters. The Morgan fingerprint density at radius 2 is 2.18 bits per heavy atom. The van der Waals surface area contributed by atoms with Crippen LogP contribution in [0.25, 0.3) is 0 Å². The molecule has 0 saturated heterocycles. The standard InChI is InChI=1S/C13H12N2O2/c1-9-3-2-4-10(7-9)15-12-5-6-14-8-11(12)13(16)17/h2-8H,1H3,(H,14,15)(H,16,17). The van der Waals surface area contributed by atoms with Crippen molar-refractivity contribution in [2.75, 3.05) is 5.32 Å². The summed E-state index contributed by atoms with van der Waals surface area (Å²) in [4.78, 5) is 14.8. The quantitative estimate of drug-likeness (QED) is 0.847. The molecule has 0 radical (unpaired) electrons. The molecule has 0 aliphatic rings. The van der Waals surface area contributed by atoms with Crippen LogP contribution in [-0.2, 0) is 0 Å². The first-order valence-electron chi connectivity index (χ1n) is 5.18. The molecule has 4 heteroatoms. The zero-order valence-electron chi connectivity index (χ0n) is 9.34. The number of carbonyl (C=O) groups is 1. The summed E-state index contributed by atoms with van der Waals surface area (Å²) in [6, 6.07) is 9.38. The number of aromatic carboxylic acids is 1. The number of carboxylic acids is 1. The van der Waals surface area contributed by atoms with Gasteiger partial charge in [0.05, 0.1) is 5.69 Å². The molecule has 17 heavy (non-hydrogen) atoms. The van der Waals surface area contributed by atoms with Gasteiger partial charge in [-0.3, -0.25) is 4.98 Å². The van der Waals surface area contributed by atoms with Crippen molar-refractivity contribution in [3.05, 3.63) is 53.9 Å². The summed E-state index contributed by atoms with van der Waals surface area (Å²) in [6.45, 7) is 1.98. The van der Waals surface area contributed by atoms with Crippen LogP contribution in [0.3, 0.4) is 0 Å². The van der Waals surface area contributed by atoms with Crippen LogP contribution >= 0.6 is 0 Å². The average molecular weight is 228 g/mol. The third-order valence-electron chi connectivity index (χ3n) is 2.35. The normalized spacial score (nSPS) is 9.94. The van der Waals surface area contributed by atoms with E-state index in [1.807, 2.05) is 31.2 Å². The summed E-state index contributed by atoms with van der Waals surface area (Å²) in [5.74, 6) is -0.992. The van der Waals surface area contributed by atoms with Gasteiger partial charge in [-0.25, -0.2) is 4.79 Å². The number of rotatable bonds is 3. The Morgan fingerprint density at radius 3 is 2.88 bits per heavy atom. The van der Waals surface area contributed by atoms with Crippen molar-refractivity contribution < 1.29 is 9.90 Å². The molecule has 2 N–H and O–H groups in total. The van der Waals surface area contributed by atoms with Crippen molar-refractivity contribution >= 4 is 17.3 Å². The predicted octanol–water partition coefficient (Wildman–Crippen LogP) is 2.83. The van der Waals surface area contributed by atoms with Gasteiger partial charge in [-0.15, -0.1) is 0 Å². The summed E-state index contributed by atoms with van der Waals surface area (Å²) in [6.07, 6.45) is 2.89. The molecule has 0 saturated carbocycles. The Hall–Kier alpha value is -2.36. The highest BCUT2D eigenvalue weighted by molar-refractivity contribution is 5.94. The minimum Gasteiger partial charge on any atom is -0.478 e. The number of pyridine rings is 1. The Balaban J connectivity index is 2.33. The van der Waals surface area contributed by atoms with Gasteiger partial charge in [0.1, 0.15) is 5.56 Å². The molecule has 2 rings (SSSR count). The number of aromatic nitrogens is 1. The first-order chi connectivity index (χ1) is 8.16. The summed E-state index contributed by atoms with van der Waals surface area (Å²) in [5.41, 5.74) is 2.67. The molecule has 0 amide bonds. The molecular formula is C13H12N2O2. The molecule has 2 aromatic rings. The van der Waals surface area contributed by atoms with Crippen molar-refractivity contribution in [1.82, 2.24) is 4.98 Å². The van der Waals surface area contributed by atoms with E-state index in [0.717, 1.165) is 11.3 Å². The van der Waals surface area contributed by atoms with Gasteiger partial charge >= 0.3 is 5.97 Å². The van der Waals surface area contributed by atoms with Crippen molar-refractivity contribution in [2.24, 2.45) is 0 Å². The molecule has 0 fully saturated rings. The number of nitrogens with zero attached hydrogens (tertiary/aromatic N) is 1. The lowest BCUT2D eigenvalue weighted by molar-refractivity contribution is 0.0697. The van der Waals surface area contributed by atoms with Crippen molar-refractivity contribution in [3.8, 4) is 0 Å². The Labute approximate surface area is 98.9 Å². The van der Waals surface area contributed by atoms with Crippen LogP contribution in [0.5, 0.6) is 0 Å². The Morgan fingerprint density at radius 1 is 1.35 bits per heavy atom. The van der Waals surface area contributed by atoms with Gasteiger partial charge in [0, 0.05) is 18.1 Å². The largest absolute Gasteiger partial charge is 0.478 e. The molecule has 0 aliphatic carbocycles. The molecule has 0 aliphatic heterocycles. The zero-order chi connectivity index (χ0) is 12.3. The lowest BCUT2D eigenvalue weighted by atomic mass is 10.2. The van der Waals surface area contributed by atoms with E-state index in [0.29, 0.717) is 5.69 Å². The Bertz CT molecular complexity index is 553. The minimum atomic E-state index is -0.992. The van der Waals surface area contributed by atoms with Crippen LogP contribution in [0.4, 0.5) is 11.4 Å². The van der Waals surface area contributed by atoms with Crippen molar-refractivity contribution in [1.29, 1.82) is 0 Å². The molecular weight excluding hydrogens is 216 g/mol. The van der Waals surface area contributed by atoms with E-state index < -0.39 is 5.97 Å². The van der Waals surface area contributed by atoms with Crippen LogP contribution in [0.2, 0.25) is 0 Å². The maximum absolute atomic E-state index is 11.0. The molecule has 0 unspecified atom stereocenters. The van der Waals surface area contributed by atoms with E-state index >= 15 is 0 Å². The number of nitrogens with one attached hydrogen (secondary N) is 1. The fourth-order valence-corrected chi connectivity index (χ4v) is 1.55. The van der Waals surface area contributed by atoms with E-state index in [9.17, 15) is 4.79 Å². The lowest BCUT2D eigenvalue weighted by Gasteiger charge is -2.09. The van der Waals surface area contributed by atoms with Crippen molar-refractivity contribution in [3.63, 3.8) is 0 Å². The number of benzene rings is 1. The first kappa shape index (κ1) is 11.1. The number of hydrogen-bond donors (Lipinski definition) is 2. The fourth-order valence-electron chi connectivity index (χ4n) is 1.55. The highest BCUT2D eigenvalue weighted by atomic mass is 16.4. The second kappa shape index (κ2) is 4.65. The van der Waals surface area contributed by atoms with Crippen LogP contribution in [-0.4, -0.2) is 16.1 Å². The second-order valence-corrected chi connectivity index (χ2v) is 3.72. The molecule has 1 heterocycles. The summed E-state index contributed by atoms with van der Waals surface area (Å²) in [5, 5.41) is 12.1. The maximum Gasteiger partial charge on any atom is 0.339 e. The highest BCUT2D eigenvalue weighted by Crippen LogP contribution is 2.20. The monoisotopic (exact) mass is 228 g/mol. The molecule has 1 aromatic heterocycles. The van der Waals surface area contributed by atoms with Gasteiger partial charge in [0.25, 0.3) is 0 Å². The second-order valence-electron chi connectivity index (χ2n) is 3.72. The van der Waals surface area contributed by atoms with E-state index in [1.165, 1.54) is 6.20 Å². The minimum absolute atomic E-state index is 0.161. The predicted molar refractivity (Wildman–Crippen MR) is 65.7 cm³/mol. The SMILES string of the molecule is Cc1cccc(Nc2ccncc2C(=O)O)c1. The molecule has 1 aromatic carbocycles. The van der Waals surface area contributed by atoms with Crippen LogP contribution in [0.15, 0.2) is 42.7 Å². The molecule has 86 valence electrons. The van der Waals surface area contributed by atoms with Crippen LogP contribution in [0.1, 0.15) is 15.9 Å². The van der Waals surface area contributed by atoms with Gasteiger partial charge < -0.3 is 10.4 Å². The van der Waals surface area contributed by atoms with Crippen molar-refractivity contribution in [2.45, 2.75) is 6.92 Å². The summed E-state index contributed by atoms with van der Waals surface area (Å²) >= 11 is 0. The van der Waals surface area contributed by atoms with Crippen LogP contribution < -0.4 is 5.32 Å². The van der Waals surface area contributed by atoms with Crippen LogP contribution in [0, 0.1) is 6.92 Å². The number of anilines is 2. The zero-order valence-corrected chi connectivity index (χ0v) is 9.34. The Kier molecular flexibility index (Phi) is 3.05. The van der Waals surface area contributed by atoms with E-state index in [4.69, 9.17) is 5.11 Å². The summed E-state index contributed by atoms with van der Waals surface area (Å²) in [7, 11) is 0. The third-order valence-corrected chi connectivity index (χ3v) is 2.35. The molecule has 0 spiro atoms. The van der Waals surface area contributed by atoms with E-state index in [-0.39, 0.29) is 5.56 Å². The van der Waals surface area contributed by atoms with Gasteiger partial charge in [0.2, 0.25) is 0 Å². The molecule has 4 nitrogen and oxygen atoms in total. The first-order valence-corrected chi connectivity index (χ1v) is 5.18. The van der Waals surface area contributed by atoms with E-state index in [2.05, 4.69) is 10.3 Å². The van der Waals surface area contributed by atoms with Gasteiger partial charge in [-0.2, -0.15) is 0 Å². The maximum atomic E-state index is 11.0. The smallest absolute Gasteiger partial charge is 0.339 e. The topological polar surface area (TPSA) is 62.2 Å². The lowest BCUT2D eigenvalue weighted by Crippen LogP contribution is -2.03. The average Bonchev–Trinajstić information content (AvgIpc) is 2.29. The highest BCUT2D eigenvalue weighted by Gasteiger charge is 2.09. The molecule has 0 bridgehead atoms. The van der Waals surface area contributed by atoms with E-state index in [1.54, 1.807) is 12.3 Å². The van der Waals surface area contributed by atoms with Gasteiger partial charge in [-0.1, -0.05) is 12.1 Å². The number of hydrogen-bond acceptors (Lipinski definition) is 3. The third kappa shape index (κ3) is 2.60. The number of aryl methyl sites for hydroxylation is 1. The summed E-state index contributed by atoms with van der Waals surface area (Å²) < 4.78 is 0.